The fraction of sp³-hybridized carbons (Fsp3) is 0.111. The Hall–Kier alpha value is -2.94. The number of amides is 2. The van der Waals surface area contributed by atoms with Crippen LogP contribution in [0.5, 0.6) is 0 Å². The van der Waals surface area contributed by atoms with Gasteiger partial charge < -0.3 is 15.5 Å². The molecule has 3 N–H and O–H groups in total. The molecule has 4 rings (SSSR count). The molecule has 0 spiro atoms. The number of hydrogen-bond donors (Lipinski definition) is 2. The lowest BCUT2D eigenvalue weighted by atomic mass is 10.1. The van der Waals surface area contributed by atoms with E-state index in [1.165, 1.54) is 29.3 Å². The van der Waals surface area contributed by atoms with Crippen molar-refractivity contribution in [2.24, 2.45) is 12.8 Å². The molecule has 4 aromatic rings. The predicted molar refractivity (Wildman–Crippen MR) is 115 cm³/mol. The number of aromatic nitrogens is 3. The van der Waals surface area contributed by atoms with E-state index in [2.05, 4.69) is 15.4 Å². The van der Waals surface area contributed by atoms with Gasteiger partial charge in [-0.25, -0.2) is 4.98 Å². The first-order valence-corrected chi connectivity index (χ1v) is 10.3. The van der Waals surface area contributed by atoms with Crippen molar-refractivity contribution in [3.05, 3.63) is 50.5 Å². The van der Waals surface area contributed by atoms with E-state index in [0.717, 1.165) is 6.07 Å². The molecule has 0 saturated heterocycles. The Labute approximate surface area is 189 Å². The summed E-state index contributed by atoms with van der Waals surface area (Å²) in [5.41, 5.74) is 4.47. The number of carbonyl (C=O) groups is 2. The van der Waals surface area contributed by atoms with E-state index in [4.69, 9.17) is 10.2 Å². The molecule has 2 amide bonds. The first-order chi connectivity index (χ1) is 14.6. The van der Waals surface area contributed by atoms with Crippen LogP contribution in [0.15, 0.2) is 35.1 Å². The third-order valence-corrected chi connectivity index (χ3v) is 6.20. The number of aryl methyl sites for hydroxylation is 1. The Morgan fingerprint density at radius 1 is 1.35 bits per heavy atom. The van der Waals surface area contributed by atoms with Crippen LogP contribution in [-0.4, -0.2) is 26.6 Å². The second kappa shape index (κ2) is 7.64. The normalized spacial score (nSPS) is 11.8. The van der Waals surface area contributed by atoms with E-state index in [0.29, 0.717) is 14.9 Å². The molecule has 31 heavy (non-hydrogen) atoms. The van der Waals surface area contributed by atoms with Gasteiger partial charge in [-0.05, 0) is 40.8 Å². The summed E-state index contributed by atoms with van der Waals surface area (Å²) in [4.78, 5) is 28.4. The lowest BCUT2D eigenvalue weighted by Crippen LogP contribution is -2.20. The van der Waals surface area contributed by atoms with Crippen molar-refractivity contribution in [2.75, 3.05) is 5.32 Å². The second-order valence-electron chi connectivity index (χ2n) is 6.30. The Balaban J connectivity index is 1.99. The maximum atomic E-state index is 13.4. The summed E-state index contributed by atoms with van der Waals surface area (Å²) in [6, 6.07) is 3.78. The third-order valence-electron chi connectivity index (χ3n) is 4.31. The molecule has 0 fully saturated rings. The molecule has 8 nitrogen and oxygen atoms in total. The van der Waals surface area contributed by atoms with Crippen LogP contribution in [0.2, 0.25) is 0 Å². The SMILES string of the molecule is Cn1ncc(I)c1C(=O)Nc1c(C(N)=O)sc2nc(C(F)(F)F)cc(-c3ccco3)c12. The first-order valence-electron chi connectivity index (χ1n) is 8.45. The van der Waals surface area contributed by atoms with Crippen molar-refractivity contribution >= 4 is 61.6 Å². The molecule has 0 atom stereocenters. The monoisotopic (exact) mass is 561 g/mol. The summed E-state index contributed by atoms with van der Waals surface area (Å²) in [5.74, 6) is -1.42. The van der Waals surface area contributed by atoms with Crippen LogP contribution >= 0.6 is 33.9 Å². The van der Waals surface area contributed by atoms with Crippen molar-refractivity contribution in [1.29, 1.82) is 0 Å². The zero-order chi connectivity index (χ0) is 22.5. The van der Waals surface area contributed by atoms with E-state index >= 15 is 0 Å². The number of hydrogen-bond acceptors (Lipinski definition) is 6. The summed E-state index contributed by atoms with van der Waals surface area (Å²) in [6.45, 7) is 0. The molecular weight excluding hydrogens is 550 g/mol. The van der Waals surface area contributed by atoms with Gasteiger partial charge in [-0.1, -0.05) is 0 Å². The van der Waals surface area contributed by atoms with Gasteiger partial charge in [-0.15, -0.1) is 11.3 Å². The number of halogens is 4. The molecule has 13 heteroatoms. The highest BCUT2D eigenvalue weighted by atomic mass is 127. The molecule has 0 saturated carbocycles. The average molecular weight is 561 g/mol. The number of furan rings is 1. The van der Waals surface area contributed by atoms with Gasteiger partial charge in [-0.2, -0.15) is 18.3 Å². The molecule has 4 aromatic heterocycles. The number of alkyl halides is 3. The third kappa shape index (κ3) is 3.78. The fourth-order valence-electron chi connectivity index (χ4n) is 3.00. The topological polar surface area (TPSA) is 116 Å². The minimum absolute atomic E-state index is 0.0149. The van der Waals surface area contributed by atoms with E-state index < -0.39 is 23.7 Å². The molecule has 160 valence electrons. The van der Waals surface area contributed by atoms with Crippen LogP contribution in [0, 0.1) is 3.57 Å². The van der Waals surface area contributed by atoms with Crippen molar-refractivity contribution < 1.29 is 27.2 Å². The van der Waals surface area contributed by atoms with Crippen molar-refractivity contribution in [1.82, 2.24) is 14.8 Å². The molecule has 0 aliphatic heterocycles. The molecule has 0 aromatic carbocycles. The van der Waals surface area contributed by atoms with Crippen LogP contribution in [0.25, 0.3) is 21.5 Å². The van der Waals surface area contributed by atoms with E-state index in [-0.39, 0.29) is 37.8 Å². The minimum atomic E-state index is -4.74. The number of nitrogens with one attached hydrogen (secondary N) is 1. The van der Waals surface area contributed by atoms with E-state index in [1.54, 1.807) is 7.05 Å². The molecule has 0 aliphatic carbocycles. The maximum Gasteiger partial charge on any atom is 0.433 e. The van der Waals surface area contributed by atoms with E-state index in [9.17, 15) is 22.8 Å². The molecule has 0 unspecified atom stereocenters. The smallest absolute Gasteiger partial charge is 0.433 e. The number of fused-ring (bicyclic) bond motifs is 1. The van der Waals surface area contributed by atoms with Gasteiger partial charge in [0.1, 0.15) is 26.9 Å². The van der Waals surface area contributed by atoms with Gasteiger partial charge >= 0.3 is 6.18 Å². The molecular formula is C18H11F3IN5O3S. The zero-order valence-electron chi connectivity index (χ0n) is 15.5. The van der Waals surface area contributed by atoms with Gasteiger partial charge in [0.2, 0.25) is 0 Å². The summed E-state index contributed by atoms with van der Waals surface area (Å²) in [7, 11) is 1.56. The summed E-state index contributed by atoms with van der Waals surface area (Å²) in [6.07, 6.45) is -1.96. The number of rotatable bonds is 4. The van der Waals surface area contributed by atoms with Crippen LogP contribution < -0.4 is 11.1 Å². The van der Waals surface area contributed by atoms with Crippen LogP contribution in [0.4, 0.5) is 18.9 Å². The van der Waals surface area contributed by atoms with Gasteiger partial charge in [0.15, 0.2) is 0 Å². The number of carbonyl (C=O) groups excluding carboxylic acids is 2. The number of thiophene rings is 1. The summed E-state index contributed by atoms with van der Waals surface area (Å²) in [5, 5.41) is 6.71. The first kappa shape index (κ1) is 21.3. The van der Waals surface area contributed by atoms with Crippen molar-refractivity contribution in [3.8, 4) is 11.3 Å². The lowest BCUT2D eigenvalue weighted by Gasteiger charge is -2.11. The van der Waals surface area contributed by atoms with Crippen molar-refractivity contribution in [2.45, 2.75) is 6.18 Å². The predicted octanol–water partition coefficient (Wildman–Crippen LogP) is 4.26. The largest absolute Gasteiger partial charge is 0.464 e. The number of nitrogens with zero attached hydrogens (tertiary/aromatic N) is 3. The summed E-state index contributed by atoms with van der Waals surface area (Å²) < 4.78 is 47.5. The molecule has 0 bridgehead atoms. The van der Waals surface area contributed by atoms with Crippen molar-refractivity contribution in [3.63, 3.8) is 0 Å². The fourth-order valence-corrected chi connectivity index (χ4v) is 4.73. The number of nitrogens with two attached hydrogens (primary N) is 1. The number of pyridine rings is 1. The number of anilines is 1. The van der Waals surface area contributed by atoms with Gasteiger partial charge in [-0.3, -0.25) is 14.3 Å². The average Bonchev–Trinajstić information content (AvgIpc) is 3.40. The highest BCUT2D eigenvalue weighted by molar-refractivity contribution is 14.1. The molecule has 4 heterocycles. The molecule has 0 radical (unpaired) electrons. The van der Waals surface area contributed by atoms with Crippen LogP contribution in [-0.2, 0) is 13.2 Å². The summed E-state index contributed by atoms with van der Waals surface area (Å²) >= 11 is 2.58. The highest BCUT2D eigenvalue weighted by Gasteiger charge is 2.35. The maximum absolute atomic E-state index is 13.4. The minimum Gasteiger partial charge on any atom is -0.464 e. The zero-order valence-corrected chi connectivity index (χ0v) is 18.4. The highest BCUT2D eigenvalue weighted by Crippen LogP contribution is 2.43. The Morgan fingerprint density at radius 3 is 2.65 bits per heavy atom. The second-order valence-corrected chi connectivity index (χ2v) is 8.46. The molecule has 0 aliphatic rings. The standard InChI is InChI=1S/C18H11F3IN5O3S/c1-27-13(8(22)6-24-27)16(29)26-12-11-7(9-3-2-4-30-9)5-10(18(19,20)21)25-17(11)31-14(12)15(23)28/h2-6H,1H3,(H2,23,28)(H,26,29). The number of primary amides is 1. The Bertz CT molecular complexity index is 1310. The Kier molecular flexibility index (Phi) is 5.25. The lowest BCUT2D eigenvalue weighted by molar-refractivity contribution is -0.140. The van der Waals surface area contributed by atoms with Crippen LogP contribution in [0.3, 0.4) is 0 Å². The Morgan fingerprint density at radius 2 is 2.10 bits per heavy atom. The quantitative estimate of drug-likeness (QED) is 0.362. The van der Waals surface area contributed by atoms with E-state index in [1.807, 2.05) is 22.6 Å². The van der Waals surface area contributed by atoms with Gasteiger partial charge in [0.05, 0.1) is 21.7 Å². The van der Waals surface area contributed by atoms with Gasteiger partial charge in [0, 0.05) is 18.0 Å². The van der Waals surface area contributed by atoms with Crippen LogP contribution in [0.1, 0.15) is 25.9 Å². The van der Waals surface area contributed by atoms with Gasteiger partial charge in [0.25, 0.3) is 11.8 Å².